The third-order valence-corrected chi connectivity index (χ3v) is 4.15. The second-order valence-corrected chi connectivity index (χ2v) is 5.29. The summed E-state index contributed by atoms with van der Waals surface area (Å²) in [5, 5.41) is 0. The maximum absolute atomic E-state index is 2.34. The Morgan fingerprint density at radius 3 is 2.25 bits per heavy atom. The second-order valence-electron chi connectivity index (χ2n) is 3.70. The summed E-state index contributed by atoms with van der Waals surface area (Å²) in [6, 6.07) is 8.95. The van der Waals surface area contributed by atoms with Gasteiger partial charge in [0.1, 0.15) is 0 Å². The maximum atomic E-state index is 2.34. The molecule has 0 amide bonds. The first-order valence-electron chi connectivity index (χ1n) is 4.42. The van der Waals surface area contributed by atoms with E-state index >= 15 is 0 Å². The van der Waals surface area contributed by atoms with Gasteiger partial charge in [0.2, 0.25) is 0 Å². The lowest BCUT2D eigenvalue weighted by Gasteiger charge is -2.38. The summed E-state index contributed by atoms with van der Waals surface area (Å²) in [6.07, 6.45) is 1.33. The normalized spacial score (nSPS) is 28.2. The van der Waals surface area contributed by atoms with Crippen molar-refractivity contribution in [3.8, 4) is 0 Å². The first kappa shape index (κ1) is 8.18. The average Bonchev–Trinajstić information content (AvgIpc) is 2.02. The molecule has 12 heavy (non-hydrogen) atoms. The van der Waals surface area contributed by atoms with Crippen molar-refractivity contribution in [3.63, 3.8) is 0 Å². The van der Waals surface area contributed by atoms with Crippen molar-refractivity contribution in [1.82, 2.24) is 0 Å². The molecule has 1 aromatic rings. The van der Waals surface area contributed by atoms with Crippen molar-refractivity contribution in [2.45, 2.75) is 25.0 Å². The Labute approximate surface area is 78.4 Å². The fraction of sp³-hybridized carbons (Fsp3) is 0.455. The van der Waals surface area contributed by atoms with Gasteiger partial charge >= 0.3 is 0 Å². The number of hydrogen-bond acceptors (Lipinski definition) is 1. The zero-order valence-corrected chi connectivity index (χ0v) is 8.45. The predicted molar refractivity (Wildman–Crippen MR) is 55.6 cm³/mol. The Hall–Kier alpha value is -0.430. The number of hydrogen-bond donors (Lipinski definition) is 0. The first-order valence-corrected chi connectivity index (χ1v) is 5.40. The van der Waals surface area contributed by atoms with Crippen LogP contribution < -0.4 is 0 Å². The highest BCUT2D eigenvalue weighted by molar-refractivity contribution is 8.01. The molecule has 1 fully saturated rings. The molecular formula is C11H14S. The topological polar surface area (TPSA) is 0 Å². The molecule has 1 heterocycles. The van der Waals surface area contributed by atoms with Crippen molar-refractivity contribution in [2.24, 2.45) is 0 Å². The van der Waals surface area contributed by atoms with Gasteiger partial charge in [0, 0.05) is 4.75 Å². The van der Waals surface area contributed by atoms with Gasteiger partial charge in [-0.15, -0.1) is 0 Å². The molecule has 0 N–H and O–H groups in total. The molecule has 1 aliphatic rings. The highest BCUT2D eigenvalue weighted by Gasteiger charge is 2.34. The molecule has 1 aliphatic heterocycles. The lowest BCUT2D eigenvalue weighted by Crippen LogP contribution is -2.27. The van der Waals surface area contributed by atoms with E-state index in [9.17, 15) is 0 Å². The molecule has 0 aliphatic carbocycles. The molecule has 1 unspecified atom stereocenters. The van der Waals surface area contributed by atoms with Crippen LogP contribution in [0, 0.1) is 6.92 Å². The van der Waals surface area contributed by atoms with Crippen LogP contribution in [0.2, 0.25) is 0 Å². The Balaban J connectivity index is 2.28. The van der Waals surface area contributed by atoms with Crippen molar-refractivity contribution >= 4 is 11.8 Å². The van der Waals surface area contributed by atoms with Gasteiger partial charge in [0.15, 0.2) is 0 Å². The standard InChI is InChI=1S/C11H14S/c1-9-3-5-10(6-4-9)11(2)7-8-12-11/h3-6H,7-8H2,1-2H3. The summed E-state index contributed by atoms with van der Waals surface area (Å²) in [5.74, 6) is 1.32. The number of aryl methyl sites for hydroxylation is 1. The predicted octanol–water partition coefficient (Wildman–Crippen LogP) is 3.35. The average molecular weight is 178 g/mol. The fourth-order valence-electron chi connectivity index (χ4n) is 1.54. The zero-order chi connectivity index (χ0) is 8.60. The monoisotopic (exact) mass is 178 g/mol. The third kappa shape index (κ3) is 1.27. The second kappa shape index (κ2) is 2.81. The van der Waals surface area contributed by atoms with E-state index in [0.29, 0.717) is 4.75 Å². The van der Waals surface area contributed by atoms with E-state index in [1.807, 2.05) is 0 Å². The lowest BCUT2D eigenvalue weighted by atomic mass is 9.96. The van der Waals surface area contributed by atoms with Crippen LogP contribution >= 0.6 is 11.8 Å². The Bertz CT molecular complexity index is 270. The third-order valence-electron chi connectivity index (χ3n) is 2.66. The highest BCUT2D eigenvalue weighted by Crippen LogP contribution is 2.48. The molecule has 0 radical (unpaired) electrons. The van der Waals surface area contributed by atoms with E-state index in [1.54, 1.807) is 0 Å². The summed E-state index contributed by atoms with van der Waals surface area (Å²) in [4.78, 5) is 0. The molecule has 0 nitrogen and oxygen atoms in total. The molecular weight excluding hydrogens is 164 g/mol. The van der Waals surface area contributed by atoms with Crippen LogP contribution in [0.5, 0.6) is 0 Å². The number of benzene rings is 1. The van der Waals surface area contributed by atoms with Crippen molar-refractivity contribution in [1.29, 1.82) is 0 Å². The van der Waals surface area contributed by atoms with E-state index in [0.717, 1.165) is 0 Å². The van der Waals surface area contributed by atoms with E-state index in [4.69, 9.17) is 0 Å². The van der Waals surface area contributed by atoms with Crippen molar-refractivity contribution in [2.75, 3.05) is 5.75 Å². The summed E-state index contributed by atoms with van der Waals surface area (Å²) in [6.45, 7) is 4.48. The largest absolute Gasteiger partial charge is 0.151 e. The van der Waals surface area contributed by atoms with Gasteiger partial charge in [-0.2, -0.15) is 11.8 Å². The smallest absolute Gasteiger partial charge is 0.0388 e. The SMILES string of the molecule is Cc1ccc(C2(C)CCS2)cc1. The van der Waals surface area contributed by atoms with Crippen LogP contribution in [0.3, 0.4) is 0 Å². The van der Waals surface area contributed by atoms with Gasteiger partial charge in [-0.1, -0.05) is 29.8 Å². The maximum Gasteiger partial charge on any atom is 0.0388 e. The van der Waals surface area contributed by atoms with Gasteiger partial charge < -0.3 is 0 Å². The summed E-state index contributed by atoms with van der Waals surface area (Å²) in [5.41, 5.74) is 2.84. The molecule has 2 rings (SSSR count). The van der Waals surface area contributed by atoms with Crippen LogP contribution in [-0.2, 0) is 4.75 Å². The number of thioether (sulfide) groups is 1. The first-order chi connectivity index (χ1) is 5.71. The van der Waals surface area contributed by atoms with Crippen LogP contribution in [0.15, 0.2) is 24.3 Å². The Kier molecular flexibility index (Phi) is 1.91. The fourth-order valence-corrected chi connectivity index (χ4v) is 2.66. The van der Waals surface area contributed by atoms with Crippen LogP contribution in [0.25, 0.3) is 0 Å². The molecule has 1 heteroatoms. The number of rotatable bonds is 1. The minimum absolute atomic E-state index is 0.424. The molecule has 64 valence electrons. The van der Waals surface area contributed by atoms with Gasteiger partial charge in [-0.05, 0) is 31.6 Å². The Morgan fingerprint density at radius 1 is 1.25 bits per heavy atom. The van der Waals surface area contributed by atoms with E-state index in [1.165, 1.54) is 23.3 Å². The Morgan fingerprint density at radius 2 is 1.83 bits per heavy atom. The molecule has 0 bridgehead atoms. The van der Waals surface area contributed by atoms with Gasteiger partial charge in [-0.25, -0.2) is 0 Å². The van der Waals surface area contributed by atoms with Gasteiger partial charge in [-0.3, -0.25) is 0 Å². The van der Waals surface area contributed by atoms with Crippen LogP contribution in [0.1, 0.15) is 24.5 Å². The van der Waals surface area contributed by atoms with Crippen LogP contribution in [-0.4, -0.2) is 5.75 Å². The lowest BCUT2D eigenvalue weighted by molar-refractivity contribution is 0.626. The molecule has 0 spiro atoms. The van der Waals surface area contributed by atoms with Gasteiger partial charge in [0.05, 0.1) is 0 Å². The van der Waals surface area contributed by atoms with E-state index in [-0.39, 0.29) is 0 Å². The molecule has 1 atom stereocenters. The van der Waals surface area contributed by atoms with E-state index < -0.39 is 0 Å². The van der Waals surface area contributed by atoms with Crippen molar-refractivity contribution in [3.05, 3.63) is 35.4 Å². The molecule has 1 aromatic carbocycles. The summed E-state index contributed by atoms with van der Waals surface area (Å²) < 4.78 is 0.424. The highest BCUT2D eigenvalue weighted by atomic mass is 32.2. The zero-order valence-electron chi connectivity index (χ0n) is 7.63. The summed E-state index contributed by atoms with van der Waals surface area (Å²) in [7, 11) is 0. The molecule has 1 saturated heterocycles. The van der Waals surface area contributed by atoms with Gasteiger partial charge in [0.25, 0.3) is 0 Å². The molecule has 0 saturated carbocycles. The van der Waals surface area contributed by atoms with Crippen molar-refractivity contribution < 1.29 is 0 Å². The minimum atomic E-state index is 0.424. The van der Waals surface area contributed by atoms with Crippen LogP contribution in [0.4, 0.5) is 0 Å². The quantitative estimate of drug-likeness (QED) is 0.635. The molecule has 0 aromatic heterocycles. The van der Waals surface area contributed by atoms with E-state index in [2.05, 4.69) is 49.9 Å². The summed E-state index contributed by atoms with van der Waals surface area (Å²) >= 11 is 2.07. The minimum Gasteiger partial charge on any atom is -0.151 e.